The molecule has 5 heteroatoms. The van der Waals surface area contributed by atoms with Crippen molar-refractivity contribution in [3.05, 3.63) is 11.8 Å². The van der Waals surface area contributed by atoms with Crippen molar-refractivity contribution >= 4 is 12.0 Å². The Balaban J connectivity index is 3.45. The molecule has 0 rings (SSSR count). The Labute approximate surface area is 83.2 Å². The quantitative estimate of drug-likeness (QED) is 0.581. The van der Waals surface area contributed by atoms with E-state index in [1.54, 1.807) is 6.20 Å². The third-order valence-electron chi connectivity index (χ3n) is 1.34. The molecule has 2 amide bonds. The lowest BCUT2D eigenvalue weighted by molar-refractivity contribution is -0.137. The van der Waals surface area contributed by atoms with E-state index in [1.165, 1.54) is 0 Å². The number of hydrogen-bond acceptors (Lipinski definition) is 2. The first kappa shape index (κ1) is 12.5. The van der Waals surface area contributed by atoms with Crippen molar-refractivity contribution < 1.29 is 14.7 Å². The second-order valence-electron chi connectivity index (χ2n) is 3.12. The van der Waals surface area contributed by atoms with Gasteiger partial charge >= 0.3 is 12.0 Å². The second-order valence-corrected chi connectivity index (χ2v) is 3.12. The number of hydrogen-bond donors (Lipinski definition) is 3. The van der Waals surface area contributed by atoms with Crippen LogP contribution in [0.4, 0.5) is 4.79 Å². The lowest BCUT2D eigenvalue weighted by atomic mass is 10.3. The minimum Gasteiger partial charge on any atom is -0.481 e. The number of allylic oxidation sites excluding steroid dienone is 1. The number of carbonyl (C=O) groups excluding carboxylic acids is 1. The zero-order valence-electron chi connectivity index (χ0n) is 8.46. The topological polar surface area (TPSA) is 78.4 Å². The van der Waals surface area contributed by atoms with E-state index < -0.39 is 5.97 Å². The van der Waals surface area contributed by atoms with Gasteiger partial charge in [-0.15, -0.1) is 0 Å². The van der Waals surface area contributed by atoms with Gasteiger partial charge in [-0.25, -0.2) is 4.79 Å². The van der Waals surface area contributed by atoms with Gasteiger partial charge in [-0.05, 0) is 20.3 Å². The molecule has 0 radical (unpaired) electrons. The molecule has 0 heterocycles. The summed E-state index contributed by atoms with van der Waals surface area (Å²) < 4.78 is 0. The highest BCUT2D eigenvalue weighted by atomic mass is 16.4. The molecular weight excluding hydrogens is 184 g/mol. The van der Waals surface area contributed by atoms with Gasteiger partial charge in [-0.1, -0.05) is 5.57 Å². The van der Waals surface area contributed by atoms with Crippen LogP contribution in [-0.4, -0.2) is 23.7 Å². The fourth-order valence-corrected chi connectivity index (χ4v) is 0.702. The maximum Gasteiger partial charge on any atom is 0.318 e. The highest BCUT2D eigenvalue weighted by Gasteiger charge is 1.98. The van der Waals surface area contributed by atoms with Crippen LogP contribution in [0.3, 0.4) is 0 Å². The number of urea groups is 1. The van der Waals surface area contributed by atoms with Crippen LogP contribution in [-0.2, 0) is 4.79 Å². The lowest BCUT2D eigenvalue weighted by Gasteiger charge is -2.03. The van der Waals surface area contributed by atoms with Crippen molar-refractivity contribution in [2.45, 2.75) is 26.7 Å². The maximum absolute atomic E-state index is 11.0. The summed E-state index contributed by atoms with van der Waals surface area (Å²) in [5.74, 6) is -0.850. The molecule has 0 aromatic carbocycles. The number of rotatable bonds is 5. The predicted molar refractivity (Wildman–Crippen MR) is 52.8 cm³/mol. The minimum atomic E-state index is -0.850. The first-order valence-corrected chi connectivity index (χ1v) is 4.42. The monoisotopic (exact) mass is 200 g/mol. The van der Waals surface area contributed by atoms with E-state index in [1.807, 2.05) is 13.8 Å². The van der Waals surface area contributed by atoms with Gasteiger partial charge in [0.2, 0.25) is 0 Å². The summed E-state index contributed by atoms with van der Waals surface area (Å²) in [6, 6.07) is -0.309. The van der Waals surface area contributed by atoms with Crippen molar-refractivity contribution in [3.63, 3.8) is 0 Å². The summed E-state index contributed by atoms with van der Waals surface area (Å²) in [7, 11) is 0. The summed E-state index contributed by atoms with van der Waals surface area (Å²) >= 11 is 0. The molecule has 5 nitrogen and oxygen atoms in total. The third kappa shape index (κ3) is 8.58. The molecule has 0 spiro atoms. The van der Waals surface area contributed by atoms with Gasteiger partial charge in [0.15, 0.2) is 0 Å². The first-order chi connectivity index (χ1) is 6.52. The van der Waals surface area contributed by atoms with E-state index in [2.05, 4.69) is 10.6 Å². The molecule has 0 aliphatic carbocycles. The summed E-state index contributed by atoms with van der Waals surface area (Å²) in [6.45, 7) is 4.10. The molecule has 0 bridgehead atoms. The van der Waals surface area contributed by atoms with Crippen LogP contribution in [0.25, 0.3) is 0 Å². The number of nitrogens with one attached hydrogen (secondary N) is 2. The SMILES string of the molecule is CC(C)=CNC(=O)NCCCC(=O)O. The van der Waals surface area contributed by atoms with Gasteiger partial charge in [0.05, 0.1) is 0 Å². The molecule has 0 aromatic rings. The van der Waals surface area contributed by atoms with Gasteiger partial charge in [0.25, 0.3) is 0 Å². The van der Waals surface area contributed by atoms with Gasteiger partial charge in [-0.3, -0.25) is 4.79 Å². The van der Waals surface area contributed by atoms with E-state index in [-0.39, 0.29) is 12.5 Å². The number of carboxylic acid groups (broad SMARTS) is 1. The van der Waals surface area contributed by atoms with Gasteiger partial charge in [0, 0.05) is 19.2 Å². The Morgan fingerprint density at radius 3 is 2.50 bits per heavy atom. The van der Waals surface area contributed by atoms with E-state index in [0.717, 1.165) is 5.57 Å². The summed E-state index contributed by atoms with van der Waals surface area (Å²) in [4.78, 5) is 21.1. The van der Waals surface area contributed by atoms with E-state index in [9.17, 15) is 9.59 Å². The van der Waals surface area contributed by atoms with Crippen molar-refractivity contribution in [2.24, 2.45) is 0 Å². The molecule has 0 aromatic heterocycles. The number of carboxylic acids is 1. The molecule has 14 heavy (non-hydrogen) atoms. The average Bonchev–Trinajstić information content (AvgIpc) is 2.08. The molecule has 0 atom stereocenters. The molecule has 0 aliphatic heterocycles. The van der Waals surface area contributed by atoms with E-state index in [0.29, 0.717) is 13.0 Å². The Bertz CT molecular complexity index is 232. The molecule has 3 N–H and O–H groups in total. The number of amides is 2. The fraction of sp³-hybridized carbons (Fsp3) is 0.556. The van der Waals surface area contributed by atoms with Crippen LogP contribution in [0, 0.1) is 0 Å². The maximum atomic E-state index is 11.0. The normalized spacial score (nSPS) is 9.00. The van der Waals surface area contributed by atoms with Gasteiger partial charge in [-0.2, -0.15) is 0 Å². The lowest BCUT2D eigenvalue weighted by Crippen LogP contribution is -2.33. The molecular formula is C9H16N2O3. The van der Waals surface area contributed by atoms with E-state index in [4.69, 9.17) is 5.11 Å². The van der Waals surface area contributed by atoms with Gasteiger partial charge in [0.1, 0.15) is 0 Å². The number of aliphatic carboxylic acids is 1. The Morgan fingerprint density at radius 2 is 2.00 bits per heavy atom. The summed E-state index contributed by atoms with van der Waals surface area (Å²) in [5.41, 5.74) is 0.991. The molecule has 0 fully saturated rings. The largest absolute Gasteiger partial charge is 0.481 e. The van der Waals surface area contributed by atoms with Crippen molar-refractivity contribution in [1.29, 1.82) is 0 Å². The van der Waals surface area contributed by atoms with E-state index >= 15 is 0 Å². The van der Waals surface area contributed by atoms with Crippen molar-refractivity contribution in [2.75, 3.05) is 6.54 Å². The Morgan fingerprint density at radius 1 is 1.36 bits per heavy atom. The van der Waals surface area contributed by atoms with Crippen LogP contribution in [0.5, 0.6) is 0 Å². The standard InChI is InChI=1S/C9H16N2O3/c1-7(2)6-11-9(14)10-5-3-4-8(12)13/h6H,3-5H2,1-2H3,(H,12,13)(H2,10,11,14). The predicted octanol–water partition coefficient (Wildman–Crippen LogP) is 1.07. The molecule has 80 valence electrons. The first-order valence-electron chi connectivity index (χ1n) is 4.42. The van der Waals surface area contributed by atoms with Crippen LogP contribution in [0.2, 0.25) is 0 Å². The molecule has 0 unspecified atom stereocenters. The number of carbonyl (C=O) groups is 2. The van der Waals surface area contributed by atoms with Crippen molar-refractivity contribution in [1.82, 2.24) is 10.6 Å². The zero-order valence-corrected chi connectivity index (χ0v) is 8.46. The average molecular weight is 200 g/mol. The Hall–Kier alpha value is -1.52. The van der Waals surface area contributed by atoms with Crippen LogP contribution < -0.4 is 10.6 Å². The Kier molecular flexibility index (Phi) is 6.19. The summed E-state index contributed by atoms with van der Waals surface area (Å²) in [6.07, 6.45) is 2.10. The fourth-order valence-electron chi connectivity index (χ4n) is 0.702. The smallest absolute Gasteiger partial charge is 0.318 e. The van der Waals surface area contributed by atoms with Crippen LogP contribution in [0.1, 0.15) is 26.7 Å². The van der Waals surface area contributed by atoms with Gasteiger partial charge < -0.3 is 15.7 Å². The zero-order chi connectivity index (χ0) is 11.0. The van der Waals surface area contributed by atoms with Crippen LogP contribution >= 0.6 is 0 Å². The third-order valence-corrected chi connectivity index (χ3v) is 1.34. The summed E-state index contributed by atoms with van der Waals surface area (Å²) in [5, 5.41) is 13.4. The molecule has 0 saturated carbocycles. The second kappa shape index (κ2) is 6.94. The molecule has 0 aliphatic rings. The minimum absolute atomic E-state index is 0.0723. The highest BCUT2D eigenvalue weighted by molar-refractivity contribution is 5.75. The van der Waals surface area contributed by atoms with Crippen molar-refractivity contribution in [3.8, 4) is 0 Å². The highest BCUT2D eigenvalue weighted by Crippen LogP contribution is 1.86. The molecule has 0 saturated heterocycles. The van der Waals surface area contributed by atoms with Crippen LogP contribution in [0.15, 0.2) is 11.8 Å².